The number of aromatic nitrogens is 1. The van der Waals surface area contributed by atoms with Crippen molar-refractivity contribution in [3.05, 3.63) is 24.0 Å². The summed E-state index contributed by atoms with van der Waals surface area (Å²) in [5.74, 6) is -1.30. The molecule has 0 fully saturated rings. The zero-order valence-corrected chi connectivity index (χ0v) is 7.66. The number of rotatable bonds is 5. The van der Waals surface area contributed by atoms with Gasteiger partial charge in [-0.05, 0) is 12.5 Å². The molecule has 1 rings (SSSR count). The SMILES string of the molecule is [NH3+][C@H](CCC(=O)[O-])C(=O)c1cc[nH]c1. The molecular weight excluding hydrogens is 184 g/mol. The second-order valence-corrected chi connectivity index (χ2v) is 3.07. The maximum Gasteiger partial charge on any atom is 0.221 e. The lowest BCUT2D eigenvalue weighted by atomic mass is 10.0. The van der Waals surface area contributed by atoms with Gasteiger partial charge in [-0.15, -0.1) is 0 Å². The first-order valence-corrected chi connectivity index (χ1v) is 4.31. The minimum Gasteiger partial charge on any atom is -0.550 e. The number of ketones is 1. The molecule has 14 heavy (non-hydrogen) atoms. The van der Waals surface area contributed by atoms with Gasteiger partial charge in [-0.3, -0.25) is 4.79 Å². The predicted octanol–water partition coefficient (Wildman–Crippen LogP) is -1.66. The summed E-state index contributed by atoms with van der Waals surface area (Å²) in [5, 5.41) is 10.2. The van der Waals surface area contributed by atoms with Crippen molar-refractivity contribution >= 4 is 11.8 Å². The molecule has 0 aliphatic heterocycles. The molecule has 0 aliphatic rings. The maximum absolute atomic E-state index is 11.5. The Balaban J connectivity index is 2.49. The van der Waals surface area contributed by atoms with Gasteiger partial charge in [-0.1, -0.05) is 0 Å². The molecule has 0 unspecified atom stereocenters. The lowest BCUT2D eigenvalue weighted by molar-refractivity contribution is -0.401. The van der Waals surface area contributed by atoms with E-state index in [0.717, 1.165) is 0 Å². The Kier molecular flexibility index (Phi) is 3.41. The summed E-state index contributed by atoms with van der Waals surface area (Å²) in [4.78, 5) is 24.4. The lowest BCUT2D eigenvalue weighted by Gasteiger charge is -2.06. The number of H-pyrrole nitrogens is 1. The highest BCUT2D eigenvalue weighted by Gasteiger charge is 2.18. The van der Waals surface area contributed by atoms with E-state index in [2.05, 4.69) is 10.7 Å². The lowest BCUT2D eigenvalue weighted by Crippen LogP contribution is -2.65. The van der Waals surface area contributed by atoms with E-state index < -0.39 is 12.0 Å². The molecule has 0 spiro atoms. The van der Waals surface area contributed by atoms with Crippen LogP contribution in [0.1, 0.15) is 23.2 Å². The van der Waals surface area contributed by atoms with Gasteiger partial charge < -0.3 is 20.6 Å². The zero-order chi connectivity index (χ0) is 10.6. The van der Waals surface area contributed by atoms with E-state index in [1.807, 2.05) is 0 Å². The fraction of sp³-hybridized carbons (Fsp3) is 0.333. The summed E-state index contributed by atoms with van der Waals surface area (Å²) in [6, 6.07) is 1.11. The first-order valence-electron chi connectivity index (χ1n) is 4.31. The number of hydrogen-bond acceptors (Lipinski definition) is 3. The summed E-state index contributed by atoms with van der Waals surface area (Å²) >= 11 is 0. The fourth-order valence-corrected chi connectivity index (χ4v) is 1.14. The summed E-state index contributed by atoms with van der Waals surface area (Å²) in [7, 11) is 0. The monoisotopic (exact) mass is 196 g/mol. The quantitative estimate of drug-likeness (QED) is 0.551. The van der Waals surface area contributed by atoms with Crippen molar-refractivity contribution in [1.82, 2.24) is 4.98 Å². The largest absolute Gasteiger partial charge is 0.550 e. The third-order valence-electron chi connectivity index (χ3n) is 1.95. The van der Waals surface area contributed by atoms with Crippen LogP contribution in [0.5, 0.6) is 0 Å². The van der Waals surface area contributed by atoms with Crippen LogP contribution in [0.4, 0.5) is 0 Å². The van der Waals surface area contributed by atoms with Gasteiger partial charge in [0.15, 0.2) is 0 Å². The molecule has 0 aliphatic carbocycles. The number of Topliss-reactive ketones (excluding diaryl/α,β-unsaturated/α-hetero) is 1. The first kappa shape index (κ1) is 10.5. The predicted molar refractivity (Wildman–Crippen MR) is 46.0 cm³/mol. The second-order valence-electron chi connectivity index (χ2n) is 3.07. The molecular formula is C9H12N2O3. The van der Waals surface area contributed by atoms with Crippen molar-refractivity contribution in [2.24, 2.45) is 0 Å². The topological polar surface area (TPSA) is 101 Å². The Morgan fingerprint density at radius 1 is 1.57 bits per heavy atom. The van der Waals surface area contributed by atoms with Gasteiger partial charge in [0.25, 0.3) is 0 Å². The Hall–Kier alpha value is -1.62. The van der Waals surface area contributed by atoms with Gasteiger partial charge in [-0.25, -0.2) is 0 Å². The number of carbonyl (C=O) groups is 2. The zero-order valence-electron chi connectivity index (χ0n) is 7.66. The Morgan fingerprint density at radius 2 is 2.29 bits per heavy atom. The summed E-state index contributed by atoms with van der Waals surface area (Å²) in [6.45, 7) is 0. The first-order chi connectivity index (χ1) is 6.61. The van der Waals surface area contributed by atoms with Crippen molar-refractivity contribution in [2.45, 2.75) is 18.9 Å². The average molecular weight is 196 g/mol. The maximum atomic E-state index is 11.5. The number of carboxylic acid groups (broad SMARTS) is 1. The van der Waals surface area contributed by atoms with Gasteiger partial charge in [-0.2, -0.15) is 0 Å². The summed E-state index contributed by atoms with van der Waals surface area (Å²) < 4.78 is 0. The number of hydrogen-bond donors (Lipinski definition) is 2. The van der Waals surface area contributed by atoms with E-state index in [-0.39, 0.29) is 18.6 Å². The van der Waals surface area contributed by atoms with E-state index in [9.17, 15) is 14.7 Å². The van der Waals surface area contributed by atoms with Crippen LogP contribution < -0.4 is 10.8 Å². The van der Waals surface area contributed by atoms with Gasteiger partial charge in [0.05, 0.1) is 0 Å². The molecule has 0 saturated carbocycles. The smallest absolute Gasteiger partial charge is 0.221 e. The molecule has 0 amide bonds. The van der Waals surface area contributed by atoms with E-state index in [4.69, 9.17) is 0 Å². The molecule has 76 valence electrons. The van der Waals surface area contributed by atoms with Gasteiger partial charge in [0, 0.05) is 30.3 Å². The molecule has 0 saturated heterocycles. The summed E-state index contributed by atoms with van der Waals surface area (Å²) in [5.41, 5.74) is 4.14. The van der Waals surface area contributed by atoms with Gasteiger partial charge in [0.2, 0.25) is 5.78 Å². The van der Waals surface area contributed by atoms with Crippen LogP contribution in [-0.2, 0) is 4.79 Å². The minimum atomic E-state index is -1.15. The number of carbonyl (C=O) groups excluding carboxylic acids is 2. The third-order valence-corrected chi connectivity index (χ3v) is 1.95. The molecule has 5 heteroatoms. The van der Waals surface area contributed by atoms with Crippen molar-refractivity contribution < 1.29 is 20.4 Å². The molecule has 1 aromatic heterocycles. The van der Waals surface area contributed by atoms with Crippen molar-refractivity contribution in [2.75, 3.05) is 0 Å². The molecule has 0 aromatic carbocycles. The number of aromatic amines is 1. The van der Waals surface area contributed by atoms with Crippen molar-refractivity contribution in [1.29, 1.82) is 0 Å². The molecule has 1 heterocycles. The molecule has 0 bridgehead atoms. The van der Waals surface area contributed by atoms with E-state index >= 15 is 0 Å². The Morgan fingerprint density at radius 3 is 2.79 bits per heavy atom. The average Bonchev–Trinajstić information content (AvgIpc) is 2.65. The van der Waals surface area contributed by atoms with E-state index in [1.54, 1.807) is 18.5 Å². The van der Waals surface area contributed by atoms with Crippen molar-refractivity contribution in [3.63, 3.8) is 0 Å². The number of quaternary nitrogens is 1. The molecule has 1 aromatic rings. The summed E-state index contributed by atoms with van der Waals surface area (Å²) in [6.07, 6.45) is 3.29. The highest BCUT2D eigenvalue weighted by atomic mass is 16.4. The normalized spacial score (nSPS) is 12.4. The number of carboxylic acids is 1. The Bertz CT molecular complexity index is 319. The highest BCUT2D eigenvalue weighted by molar-refractivity contribution is 5.99. The van der Waals surface area contributed by atoms with E-state index in [1.165, 1.54) is 0 Å². The minimum absolute atomic E-state index is 0.135. The fourth-order valence-electron chi connectivity index (χ4n) is 1.14. The van der Waals surface area contributed by atoms with Crippen LogP contribution in [0.25, 0.3) is 0 Å². The van der Waals surface area contributed by atoms with Crippen LogP contribution in [0.2, 0.25) is 0 Å². The van der Waals surface area contributed by atoms with Gasteiger partial charge >= 0.3 is 0 Å². The standard InChI is InChI=1S/C9H12N2O3/c10-7(1-2-8(12)13)9(14)6-3-4-11-5-6/h3-5,7,11H,1-2,10H2,(H,12,13)/t7-/m1/s1. The molecule has 4 N–H and O–H groups in total. The van der Waals surface area contributed by atoms with Gasteiger partial charge in [0.1, 0.15) is 6.04 Å². The van der Waals surface area contributed by atoms with Crippen LogP contribution in [-0.4, -0.2) is 22.8 Å². The van der Waals surface area contributed by atoms with Crippen LogP contribution in [0, 0.1) is 0 Å². The number of aliphatic carboxylic acids is 1. The molecule has 1 atom stereocenters. The third kappa shape index (κ3) is 2.70. The molecule has 0 radical (unpaired) electrons. The number of nitrogens with one attached hydrogen (secondary N) is 1. The van der Waals surface area contributed by atoms with Crippen LogP contribution in [0.15, 0.2) is 18.5 Å². The van der Waals surface area contributed by atoms with Crippen LogP contribution >= 0.6 is 0 Å². The molecule has 5 nitrogen and oxygen atoms in total. The second kappa shape index (κ2) is 4.57. The Labute approximate surface area is 80.9 Å². The van der Waals surface area contributed by atoms with E-state index in [0.29, 0.717) is 5.56 Å². The highest BCUT2D eigenvalue weighted by Crippen LogP contribution is 2.03. The van der Waals surface area contributed by atoms with Crippen molar-refractivity contribution in [3.8, 4) is 0 Å². The van der Waals surface area contributed by atoms with Crippen LogP contribution in [0.3, 0.4) is 0 Å².